The van der Waals surface area contributed by atoms with Crippen LogP contribution in [0.2, 0.25) is 5.02 Å². The van der Waals surface area contributed by atoms with Gasteiger partial charge in [0.25, 0.3) is 5.52 Å². The Hall–Kier alpha value is -3.57. The van der Waals surface area contributed by atoms with Crippen LogP contribution < -0.4 is 14.9 Å². The molecule has 0 aliphatic heterocycles. The maximum absolute atomic E-state index is 13.6. The molecule has 0 saturated heterocycles. The first-order valence-electron chi connectivity index (χ1n) is 10.0. The summed E-state index contributed by atoms with van der Waals surface area (Å²) in [5, 5.41) is 6.09. The molecule has 6 heteroatoms. The average Bonchev–Trinajstić information content (AvgIpc) is 3.15. The minimum Gasteiger partial charge on any atom is -0.497 e. The topological polar surface area (TPSA) is 50.9 Å². The van der Waals surface area contributed by atoms with Crippen molar-refractivity contribution in [2.75, 3.05) is 7.11 Å². The molecule has 5 nitrogen and oxygen atoms in total. The van der Waals surface area contributed by atoms with E-state index in [1.807, 2.05) is 54.6 Å². The number of fused-ring (bicyclic) bond motifs is 3. The maximum atomic E-state index is 13.6. The summed E-state index contributed by atoms with van der Waals surface area (Å²) in [5.41, 5.74) is 4.22. The molecule has 0 spiro atoms. The van der Waals surface area contributed by atoms with Gasteiger partial charge in [-0.15, -0.1) is 0 Å². The van der Waals surface area contributed by atoms with Gasteiger partial charge in [0, 0.05) is 22.9 Å². The Kier molecular flexibility index (Phi) is 4.75. The van der Waals surface area contributed by atoms with E-state index in [9.17, 15) is 4.79 Å². The Balaban J connectivity index is 1.79. The number of hydrogen-bond acceptors (Lipinski definition) is 2. The summed E-state index contributed by atoms with van der Waals surface area (Å²) in [4.78, 5) is 13.6. The van der Waals surface area contributed by atoms with Crippen molar-refractivity contribution < 1.29 is 9.30 Å². The minimum absolute atomic E-state index is 0.0975. The first-order chi connectivity index (χ1) is 15.1. The molecule has 31 heavy (non-hydrogen) atoms. The number of H-pyrrole nitrogens is 1. The molecule has 0 bridgehead atoms. The van der Waals surface area contributed by atoms with Crippen LogP contribution in [0.1, 0.15) is 11.3 Å². The third-order valence-electron chi connectivity index (χ3n) is 5.71. The quantitative estimate of drug-likeness (QED) is 0.417. The van der Waals surface area contributed by atoms with Gasteiger partial charge in [0.05, 0.1) is 18.2 Å². The Labute approximate surface area is 184 Å². The van der Waals surface area contributed by atoms with Crippen LogP contribution in [-0.2, 0) is 6.54 Å². The van der Waals surface area contributed by atoms with E-state index in [0.29, 0.717) is 17.1 Å². The van der Waals surface area contributed by atoms with Crippen molar-refractivity contribution in [1.29, 1.82) is 0 Å². The SMILES string of the molecule is COc1ccc(C[n+]2c(C)c3ccccc3c3[nH]n(-c4ccc(Cl)cc4)c(=O)c32)cc1. The number of nitrogens with zero attached hydrogens (tertiary/aromatic N) is 2. The van der Waals surface area contributed by atoms with Crippen LogP contribution in [0.3, 0.4) is 0 Å². The number of methoxy groups -OCH3 is 1. The molecule has 1 N–H and O–H groups in total. The van der Waals surface area contributed by atoms with Crippen molar-refractivity contribution in [2.24, 2.45) is 0 Å². The maximum Gasteiger partial charge on any atom is 0.344 e. The minimum atomic E-state index is -0.0975. The molecule has 2 heterocycles. The summed E-state index contributed by atoms with van der Waals surface area (Å²) in [6.07, 6.45) is 0. The van der Waals surface area contributed by atoms with Crippen molar-refractivity contribution >= 4 is 33.4 Å². The molecule has 3 aromatic carbocycles. The lowest BCUT2D eigenvalue weighted by Crippen LogP contribution is -2.41. The molecule has 5 aromatic rings. The zero-order valence-corrected chi connectivity index (χ0v) is 18.0. The summed E-state index contributed by atoms with van der Waals surface area (Å²) >= 11 is 6.04. The lowest BCUT2D eigenvalue weighted by atomic mass is 10.1. The predicted octanol–water partition coefficient (Wildman–Crippen LogP) is 4.78. The zero-order chi connectivity index (χ0) is 21.5. The lowest BCUT2D eigenvalue weighted by molar-refractivity contribution is -0.667. The molecule has 5 rings (SSSR count). The van der Waals surface area contributed by atoms with Crippen LogP contribution >= 0.6 is 11.6 Å². The molecule has 0 fully saturated rings. The van der Waals surface area contributed by atoms with Crippen LogP contribution in [0.5, 0.6) is 5.75 Å². The summed E-state index contributed by atoms with van der Waals surface area (Å²) in [5.74, 6) is 0.806. The molecule has 0 amide bonds. The van der Waals surface area contributed by atoms with E-state index in [0.717, 1.165) is 39.0 Å². The fourth-order valence-corrected chi connectivity index (χ4v) is 4.21. The summed E-state index contributed by atoms with van der Waals surface area (Å²) in [6, 6.07) is 23.3. The van der Waals surface area contributed by atoms with Gasteiger partial charge in [0.15, 0.2) is 12.2 Å². The van der Waals surface area contributed by atoms with E-state index in [-0.39, 0.29) is 5.56 Å². The number of hydrogen-bond donors (Lipinski definition) is 1. The standard InChI is InChI=1S/C25H20ClN3O2/c1-16-21-5-3-4-6-22(21)23-24(28(16)15-17-7-13-20(31-2)14-8-17)25(30)29(27-23)19-11-9-18(26)10-12-19/h3-14H,15H2,1-2H3/p+1. The van der Waals surface area contributed by atoms with Gasteiger partial charge in [0.2, 0.25) is 0 Å². The van der Waals surface area contributed by atoms with E-state index < -0.39 is 0 Å². The molecule has 0 aliphatic carbocycles. The Morgan fingerprint density at radius 3 is 2.32 bits per heavy atom. The summed E-state index contributed by atoms with van der Waals surface area (Å²) < 4.78 is 8.95. The van der Waals surface area contributed by atoms with Gasteiger partial charge in [-0.05, 0) is 54.6 Å². The molecule has 2 aromatic heterocycles. The van der Waals surface area contributed by atoms with E-state index in [4.69, 9.17) is 16.3 Å². The number of halogens is 1. The highest BCUT2D eigenvalue weighted by atomic mass is 35.5. The zero-order valence-electron chi connectivity index (χ0n) is 17.2. The number of benzene rings is 3. The molecule has 154 valence electrons. The number of pyridine rings is 1. The smallest absolute Gasteiger partial charge is 0.344 e. The molecule has 0 atom stereocenters. The fourth-order valence-electron chi connectivity index (χ4n) is 4.08. The van der Waals surface area contributed by atoms with Crippen molar-refractivity contribution in [3.63, 3.8) is 0 Å². The number of aromatic nitrogens is 3. The van der Waals surface area contributed by atoms with E-state index in [1.165, 1.54) is 0 Å². The highest BCUT2D eigenvalue weighted by Gasteiger charge is 2.25. The van der Waals surface area contributed by atoms with Crippen LogP contribution in [0.15, 0.2) is 77.6 Å². The highest BCUT2D eigenvalue weighted by Crippen LogP contribution is 2.24. The second-order valence-electron chi connectivity index (χ2n) is 7.52. The molecular formula is C25H21ClN3O2+. The van der Waals surface area contributed by atoms with Gasteiger partial charge < -0.3 is 4.74 Å². The Bertz CT molecular complexity index is 1470. The van der Waals surface area contributed by atoms with Crippen molar-refractivity contribution in [3.05, 3.63) is 99.4 Å². The monoisotopic (exact) mass is 430 g/mol. The van der Waals surface area contributed by atoms with Gasteiger partial charge in [-0.2, -0.15) is 4.57 Å². The highest BCUT2D eigenvalue weighted by molar-refractivity contribution is 6.30. The van der Waals surface area contributed by atoms with Crippen LogP contribution in [0, 0.1) is 6.92 Å². The van der Waals surface area contributed by atoms with E-state index in [2.05, 4.69) is 22.7 Å². The Morgan fingerprint density at radius 2 is 1.65 bits per heavy atom. The summed E-state index contributed by atoms with van der Waals surface area (Å²) in [7, 11) is 1.65. The predicted molar refractivity (Wildman–Crippen MR) is 123 cm³/mol. The second kappa shape index (κ2) is 7.60. The van der Waals surface area contributed by atoms with Gasteiger partial charge in [-0.3, -0.25) is 9.89 Å². The number of aromatic amines is 1. The number of nitrogens with one attached hydrogen (secondary N) is 1. The third kappa shape index (κ3) is 3.27. The molecular weight excluding hydrogens is 410 g/mol. The first kappa shape index (κ1) is 19.4. The number of aryl methyl sites for hydroxylation is 1. The molecule has 0 saturated carbocycles. The molecule has 0 radical (unpaired) electrons. The van der Waals surface area contributed by atoms with Crippen LogP contribution in [-0.4, -0.2) is 16.9 Å². The Morgan fingerprint density at radius 1 is 0.968 bits per heavy atom. The first-order valence-corrected chi connectivity index (χ1v) is 10.4. The van der Waals surface area contributed by atoms with Crippen LogP contribution in [0.4, 0.5) is 0 Å². The largest absolute Gasteiger partial charge is 0.497 e. The van der Waals surface area contributed by atoms with Gasteiger partial charge in [-0.25, -0.2) is 4.68 Å². The van der Waals surface area contributed by atoms with Crippen molar-refractivity contribution in [3.8, 4) is 11.4 Å². The number of ether oxygens (including phenoxy) is 1. The normalized spacial score (nSPS) is 11.3. The third-order valence-corrected chi connectivity index (χ3v) is 5.96. The van der Waals surface area contributed by atoms with Crippen molar-refractivity contribution in [2.45, 2.75) is 13.5 Å². The lowest BCUT2D eigenvalue weighted by Gasteiger charge is -2.07. The molecule has 0 unspecified atom stereocenters. The summed E-state index contributed by atoms with van der Waals surface area (Å²) in [6.45, 7) is 2.63. The van der Waals surface area contributed by atoms with Gasteiger partial charge in [0.1, 0.15) is 11.3 Å². The van der Waals surface area contributed by atoms with Gasteiger partial charge in [-0.1, -0.05) is 29.8 Å². The average molecular weight is 431 g/mol. The second-order valence-corrected chi connectivity index (χ2v) is 7.95. The van der Waals surface area contributed by atoms with E-state index >= 15 is 0 Å². The van der Waals surface area contributed by atoms with Gasteiger partial charge >= 0.3 is 5.56 Å². The van der Waals surface area contributed by atoms with Crippen LogP contribution in [0.25, 0.3) is 27.5 Å². The van der Waals surface area contributed by atoms with E-state index in [1.54, 1.807) is 23.9 Å². The fraction of sp³-hybridized carbons (Fsp3) is 0.120. The van der Waals surface area contributed by atoms with Crippen molar-refractivity contribution in [1.82, 2.24) is 9.78 Å². The molecule has 0 aliphatic rings. The number of rotatable bonds is 4.